The highest BCUT2D eigenvalue weighted by Crippen LogP contribution is 2.28. The Morgan fingerprint density at radius 1 is 1.50 bits per heavy atom. The Hall–Kier alpha value is -1.28. The lowest BCUT2D eigenvalue weighted by atomic mass is 10.3. The average Bonchev–Trinajstić information content (AvgIpc) is 2.78. The summed E-state index contributed by atoms with van der Waals surface area (Å²) in [4.78, 5) is 7.88. The molecular weight excluding hydrogens is 297 g/mol. The Morgan fingerprint density at radius 3 is 3.00 bits per heavy atom. The Labute approximate surface area is 104 Å². The van der Waals surface area contributed by atoms with Crippen molar-refractivity contribution in [2.75, 3.05) is 5.32 Å². The predicted molar refractivity (Wildman–Crippen MR) is 61.0 cm³/mol. The van der Waals surface area contributed by atoms with Crippen molar-refractivity contribution in [3.63, 3.8) is 0 Å². The van der Waals surface area contributed by atoms with Crippen molar-refractivity contribution in [3.05, 3.63) is 21.8 Å². The average molecular weight is 305 g/mol. The van der Waals surface area contributed by atoms with Gasteiger partial charge in [0.15, 0.2) is 5.82 Å². The van der Waals surface area contributed by atoms with Crippen LogP contribution in [-0.4, -0.2) is 30.6 Å². The molecule has 84 valence electrons. The Bertz CT molecular complexity index is 474. The lowest BCUT2D eigenvalue weighted by Gasteiger charge is -2.11. The second-order valence-corrected chi connectivity index (χ2v) is 4.11. The van der Waals surface area contributed by atoms with Crippen LogP contribution in [0.15, 0.2) is 10.8 Å². The third-order valence-electron chi connectivity index (χ3n) is 1.85. The zero-order valence-corrected chi connectivity index (χ0v) is 10.5. The van der Waals surface area contributed by atoms with Gasteiger partial charge in [-0.15, -0.1) is 10.2 Å². The number of nitrogens with one attached hydrogen (secondary N) is 2. The molecule has 0 bridgehead atoms. The number of rotatable bonds is 3. The molecule has 0 aliphatic heterocycles. The molecule has 0 amide bonds. The molecule has 1 atom stereocenters. The van der Waals surface area contributed by atoms with E-state index in [-0.39, 0.29) is 6.04 Å². The molecule has 0 aliphatic carbocycles. The van der Waals surface area contributed by atoms with Crippen molar-refractivity contribution in [3.8, 4) is 0 Å². The molecule has 2 aromatic rings. The number of hydrogen-bond acceptors (Lipinski definition) is 6. The topological polar surface area (TPSA) is 92.3 Å². The van der Waals surface area contributed by atoms with Gasteiger partial charge >= 0.3 is 0 Å². The van der Waals surface area contributed by atoms with E-state index in [2.05, 4.69) is 51.8 Å². The molecule has 0 fully saturated rings. The number of H-pyrrole nitrogens is 1. The summed E-state index contributed by atoms with van der Waals surface area (Å²) in [5.41, 5.74) is 0. The van der Waals surface area contributed by atoms with Gasteiger partial charge in [-0.25, -0.2) is 9.97 Å². The first-order valence-corrected chi connectivity index (χ1v) is 5.51. The fraction of sp³-hybridized carbons (Fsp3) is 0.286. The second-order valence-electron chi connectivity index (χ2n) is 2.96. The monoisotopic (exact) mass is 303 g/mol. The van der Waals surface area contributed by atoms with Gasteiger partial charge in [0.05, 0.1) is 10.5 Å². The van der Waals surface area contributed by atoms with Crippen molar-refractivity contribution in [1.29, 1.82) is 0 Å². The number of aromatic amines is 1. The zero-order valence-electron chi connectivity index (χ0n) is 8.15. The van der Waals surface area contributed by atoms with Crippen LogP contribution in [-0.2, 0) is 0 Å². The molecule has 9 heteroatoms. The number of nitrogens with zero attached hydrogens (tertiary/aromatic N) is 5. The highest BCUT2D eigenvalue weighted by molar-refractivity contribution is 9.10. The number of halogens is 2. The maximum Gasteiger partial charge on any atom is 0.196 e. The number of hydrogen-bond donors (Lipinski definition) is 2. The summed E-state index contributed by atoms with van der Waals surface area (Å²) in [6, 6.07) is -0.138. The summed E-state index contributed by atoms with van der Waals surface area (Å²) < 4.78 is 0.604. The molecular formula is C7H7BrClN7. The smallest absolute Gasteiger partial charge is 0.196 e. The lowest BCUT2D eigenvalue weighted by molar-refractivity contribution is 0.786. The van der Waals surface area contributed by atoms with E-state index < -0.39 is 0 Å². The second kappa shape index (κ2) is 4.71. The normalized spacial score (nSPS) is 12.4. The van der Waals surface area contributed by atoms with Crippen LogP contribution in [0.1, 0.15) is 18.8 Å². The van der Waals surface area contributed by atoms with Crippen LogP contribution in [0.5, 0.6) is 0 Å². The highest BCUT2D eigenvalue weighted by Gasteiger charge is 2.13. The van der Waals surface area contributed by atoms with Crippen molar-refractivity contribution >= 4 is 33.3 Å². The fourth-order valence-corrected chi connectivity index (χ4v) is 1.52. The zero-order chi connectivity index (χ0) is 11.5. The van der Waals surface area contributed by atoms with Gasteiger partial charge in [-0.1, -0.05) is 16.8 Å². The molecule has 2 rings (SSSR count). The SMILES string of the molecule is CC(Nc1ncnc(Cl)c1Br)c1nn[nH]n1. The lowest BCUT2D eigenvalue weighted by Crippen LogP contribution is -2.10. The standard InChI is InChI=1S/C7H7BrClN7/c1-3(6-13-15-16-14-6)12-7-4(8)5(9)10-2-11-7/h2-3H,1H3,(H,10,11,12)(H,13,14,15,16). The van der Waals surface area contributed by atoms with Crippen LogP contribution in [0.4, 0.5) is 5.82 Å². The van der Waals surface area contributed by atoms with E-state index in [1.54, 1.807) is 0 Å². The first-order valence-electron chi connectivity index (χ1n) is 4.34. The van der Waals surface area contributed by atoms with Crippen LogP contribution < -0.4 is 5.32 Å². The maximum absolute atomic E-state index is 5.83. The number of tetrazole rings is 1. The molecule has 2 N–H and O–H groups in total. The van der Waals surface area contributed by atoms with Crippen molar-refractivity contribution in [2.45, 2.75) is 13.0 Å². The molecule has 2 aromatic heterocycles. The molecule has 0 aliphatic rings. The Balaban J connectivity index is 2.18. The van der Waals surface area contributed by atoms with Gasteiger partial charge in [-0.05, 0) is 22.9 Å². The highest BCUT2D eigenvalue weighted by atomic mass is 79.9. The van der Waals surface area contributed by atoms with E-state index in [1.165, 1.54) is 6.33 Å². The number of aromatic nitrogens is 6. The third kappa shape index (κ3) is 2.27. The van der Waals surface area contributed by atoms with Crippen molar-refractivity contribution < 1.29 is 0 Å². The van der Waals surface area contributed by atoms with Crippen LogP contribution in [0.3, 0.4) is 0 Å². The quantitative estimate of drug-likeness (QED) is 0.836. The minimum Gasteiger partial charge on any atom is -0.359 e. The van der Waals surface area contributed by atoms with Gasteiger partial charge in [-0.2, -0.15) is 5.21 Å². The predicted octanol–water partition coefficient (Wildman–Crippen LogP) is 1.58. The minimum absolute atomic E-state index is 0.138. The van der Waals surface area contributed by atoms with Crippen LogP contribution in [0.2, 0.25) is 5.15 Å². The summed E-state index contributed by atoms with van der Waals surface area (Å²) in [6.07, 6.45) is 1.37. The molecule has 1 unspecified atom stereocenters. The molecule has 0 saturated heterocycles. The Morgan fingerprint density at radius 2 is 2.31 bits per heavy atom. The van der Waals surface area contributed by atoms with Crippen LogP contribution >= 0.6 is 27.5 Å². The molecule has 0 saturated carbocycles. The van der Waals surface area contributed by atoms with Gasteiger partial charge in [-0.3, -0.25) is 0 Å². The van der Waals surface area contributed by atoms with E-state index in [4.69, 9.17) is 11.6 Å². The summed E-state index contributed by atoms with van der Waals surface area (Å²) in [5.74, 6) is 1.12. The summed E-state index contributed by atoms with van der Waals surface area (Å²) in [7, 11) is 0. The number of anilines is 1. The largest absolute Gasteiger partial charge is 0.359 e. The van der Waals surface area contributed by atoms with E-state index in [0.717, 1.165) is 0 Å². The summed E-state index contributed by atoms with van der Waals surface area (Å²) in [6.45, 7) is 1.88. The van der Waals surface area contributed by atoms with Crippen LogP contribution in [0.25, 0.3) is 0 Å². The maximum atomic E-state index is 5.83. The fourth-order valence-electron chi connectivity index (χ4n) is 1.07. The van der Waals surface area contributed by atoms with E-state index >= 15 is 0 Å². The van der Waals surface area contributed by atoms with Gasteiger partial charge in [0.25, 0.3) is 0 Å². The minimum atomic E-state index is -0.138. The van der Waals surface area contributed by atoms with Crippen molar-refractivity contribution in [2.24, 2.45) is 0 Å². The van der Waals surface area contributed by atoms with Gasteiger partial charge in [0.1, 0.15) is 17.3 Å². The first-order chi connectivity index (χ1) is 7.68. The Kier molecular flexibility index (Phi) is 3.30. The van der Waals surface area contributed by atoms with E-state index in [0.29, 0.717) is 21.3 Å². The van der Waals surface area contributed by atoms with Gasteiger partial charge < -0.3 is 5.32 Å². The van der Waals surface area contributed by atoms with Crippen LogP contribution in [0, 0.1) is 0 Å². The van der Waals surface area contributed by atoms with Gasteiger partial charge in [0, 0.05) is 0 Å². The van der Waals surface area contributed by atoms with Crippen molar-refractivity contribution in [1.82, 2.24) is 30.6 Å². The molecule has 2 heterocycles. The van der Waals surface area contributed by atoms with E-state index in [9.17, 15) is 0 Å². The summed E-state index contributed by atoms with van der Waals surface area (Å²) >= 11 is 9.12. The third-order valence-corrected chi connectivity index (χ3v) is 3.12. The van der Waals surface area contributed by atoms with Gasteiger partial charge in [0.2, 0.25) is 0 Å². The first kappa shape index (κ1) is 11.2. The molecule has 0 aromatic carbocycles. The molecule has 0 radical (unpaired) electrons. The van der Waals surface area contributed by atoms with E-state index in [1.807, 2.05) is 6.92 Å². The summed E-state index contributed by atoms with van der Waals surface area (Å²) in [5, 5.41) is 17.0. The molecule has 16 heavy (non-hydrogen) atoms. The molecule has 0 spiro atoms. The molecule has 7 nitrogen and oxygen atoms in total.